The van der Waals surface area contributed by atoms with E-state index in [-0.39, 0.29) is 11.3 Å². The number of rotatable bonds is 5. The normalized spacial score (nSPS) is 14.5. The van der Waals surface area contributed by atoms with Crippen molar-refractivity contribution in [1.29, 1.82) is 0 Å². The van der Waals surface area contributed by atoms with Crippen molar-refractivity contribution in [3.63, 3.8) is 0 Å². The van der Waals surface area contributed by atoms with Crippen molar-refractivity contribution in [3.05, 3.63) is 35.4 Å². The lowest BCUT2D eigenvalue weighted by atomic mass is 10.1. The maximum Gasteiger partial charge on any atom is 0.416 e. The smallest absolute Gasteiger partial charge is 0.416 e. The van der Waals surface area contributed by atoms with Crippen LogP contribution in [0.2, 0.25) is 0 Å². The topological polar surface area (TPSA) is 78.5 Å². The van der Waals surface area contributed by atoms with Crippen molar-refractivity contribution in [3.8, 4) is 0 Å². The molecule has 140 valence electrons. The Kier molecular flexibility index (Phi) is 6.39. The number of hydrogen-bond acceptors (Lipinski definition) is 5. The summed E-state index contributed by atoms with van der Waals surface area (Å²) >= 11 is 0.717. The van der Waals surface area contributed by atoms with Crippen LogP contribution in [0.25, 0.3) is 0 Å². The van der Waals surface area contributed by atoms with E-state index in [4.69, 9.17) is 4.74 Å². The number of carbonyl (C=O) groups is 2. The van der Waals surface area contributed by atoms with E-state index in [0.717, 1.165) is 23.9 Å². The first kappa shape index (κ1) is 21.1. The van der Waals surface area contributed by atoms with Gasteiger partial charge in [-0.05, 0) is 39.3 Å². The Morgan fingerprint density at radius 2 is 1.80 bits per heavy atom. The van der Waals surface area contributed by atoms with Gasteiger partial charge in [0.15, 0.2) is 0 Å². The molecule has 1 unspecified atom stereocenters. The molecule has 0 aliphatic rings. The molecule has 0 aliphatic heterocycles. The molecule has 5 nitrogen and oxygen atoms in total. The van der Waals surface area contributed by atoms with Crippen LogP contribution in [-0.4, -0.2) is 22.5 Å². The Labute approximate surface area is 147 Å². The number of alkyl carbamates (subject to hydrolysis) is 1. The third-order valence-electron chi connectivity index (χ3n) is 2.91. The summed E-state index contributed by atoms with van der Waals surface area (Å²) in [5.74, 6) is -1.67. The van der Waals surface area contributed by atoms with Crippen molar-refractivity contribution >= 4 is 23.8 Å². The van der Waals surface area contributed by atoms with Gasteiger partial charge in [0.1, 0.15) is 10.5 Å². The molecule has 0 saturated carbocycles. The van der Waals surface area contributed by atoms with Gasteiger partial charge in [-0.25, -0.2) is 4.79 Å². The maximum atomic E-state index is 12.7. The zero-order chi connectivity index (χ0) is 19.5. The van der Waals surface area contributed by atoms with E-state index in [1.165, 1.54) is 19.1 Å². The number of nitrogens with one attached hydrogen (secondary N) is 1. The Morgan fingerprint density at radius 1 is 1.20 bits per heavy atom. The first-order chi connectivity index (χ1) is 11.2. The Bertz CT molecular complexity index is 643. The molecule has 0 bridgehead atoms. The molecule has 0 spiro atoms. The van der Waals surface area contributed by atoms with E-state index in [1.54, 1.807) is 20.8 Å². The van der Waals surface area contributed by atoms with Gasteiger partial charge in [0.25, 0.3) is 0 Å². The van der Waals surface area contributed by atoms with Crippen molar-refractivity contribution in [2.75, 3.05) is 0 Å². The van der Waals surface area contributed by atoms with Crippen LogP contribution in [-0.2, 0) is 21.5 Å². The predicted molar refractivity (Wildman–Crippen MR) is 85.5 cm³/mol. The van der Waals surface area contributed by atoms with Gasteiger partial charge in [-0.2, -0.15) is 13.2 Å². The quantitative estimate of drug-likeness (QED) is 0.797. The van der Waals surface area contributed by atoms with Crippen LogP contribution in [0.3, 0.4) is 0 Å². The van der Waals surface area contributed by atoms with Crippen molar-refractivity contribution in [2.24, 2.45) is 0 Å². The summed E-state index contributed by atoms with van der Waals surface area (Å²) in [5.41, 5.74) is -1.40. The Balaban J connectivity index is 2.85. The minimum absolute atomic E-state index is 0.0792. The van der Waals surface area contributed by atoms with E-state index in [2.05, 4.69) is 5.32 Å². The van der Waals surface area contributed by atoms with E-state index in [1.807, 2.05) is 0 Å². The molecule has 1 amide bonds. The van der Waals surface area contributed by atoms with Gasteiger partial charge in [-0.15, -0.1) is 11.8 Å². The molecule has 25 heavy (non-hydrogen) atoms. The summed E-state index contributed by atoms with van der Waals surface area (Å²) in [6, 6.07) is 4.52. The maximum absolute atomic E-state index is 12.7. The van der Waals surface area contributed by atoms with E-state index < -0.39 is 34.3 Å². The van der Waals surface area contributed by atoms with Crippen LogP contribution in [0.4, 0.5) is 18.0 Å². The van der Waals surface area contributed by atoms with Crippen molar-refractivity contribution < 1.29 is 32.6 Å². The molecule has 0 aliphatic carbocycles. The largest absolute Gasteiger partial charge is 0.547 e. The predicted octanol–water partition coefficient (Wildman–Crippen LogP) is 2.93. The number of aliphatic carboxylic acids is 1. The molecule has 0 radical (unpaired) electrons. The van der Waals surface area contributed by atoms with Gasteiger partial charge in [0, 0.05) is 5.75 Å². The number of alkyl halides is 3. The number of carboxylic acid groups (broad SMARTS) is 1. The highest BCUT2D eigenvalue weighted by atomic mass is 32.2. The summed E-state index contributed by atoms with van der Waals surface area (Å²) in [7, 11) is 0. The number of benzene rings is 1. The molecule has 1 atom stereocenters. The zero-order valence-electron chi connectivity index (χ0n) is 14.2. The summed E-state index contributed by atoms with van der Waals surface area (Å²) in [4.78, 5) is 21.3. The first-order valence-electron chi connectivity index (χ1n) is 7.26. The first-order valence-corrected chi connectivity index (χ1v) is 8.24. The summed E-state index contributed by atoms with van der Waals surface area (Å²) in [5, 5.41) is 13.6. The lowest BCUT2D eigenvalue weighted by Gasteiger charge is -2.32. The van der Waals surface area contributed by atoms with Crippen LogP contribution >= 0.6 is 11.8 Å². The second-order valence-electron chi connectivity index (χ2n) is 6.43. The van der Waals surface area contributed by atoms with Crippen molar-refractivity contribution in [1.82, 2.24) is 5.32 Å². The number of ether oxygens (including phenoxy) is 1. The van der Waals surface area contributed by atoms with Gasteiger partial charge in [0.2, 0.25) is 0 Å². The second kappa shape index (κ2) is 7.55. The summed E-state index contributed by atoms with van der Waals surface area (Å²) in [6.45, 7) is 6.01. The third-order valence-corrected chi connectivity index (χ3v) is 4.23. The van der Waals surface area contributed by atoms with Gasteiger partial charge < -0.3 is 20.0 Å². The molecule has 1 rings (SSSR count). The lowest BCUT2D eigenvalue weighted by molar-refractivity contribution is -0.309. The molecule has 1 aromatic carbocycles. The molecular weight excluding hydrogens is 359 g/mol. The molecule has 1 N–H and O–H groups in total. The van der Waals surface area contributed by atoms with Crippen LogP contribution in [0.5, 0.6) is 0 Å². The number of amides is 1. The minimum atomic E-state index is -4.49. The van der Waals surface area contributed by atoms with Crippen LogP contribution in [0.1, 0.15) is 38.8 Å². The molecule has 1 aromatic rings. The average Bonchev–Trinajstić information content (AvgIpc) is 2.42. The molecule has 9 heteroatoms. The lowest BCUT2D eigenvalue weighted by Crippen LogP contribution is -2.56. The van der Waals surface area contributed by atoms with Crippen LogP contribution in [0.15, 0.2) is 24.3 Å². The molecular formula is C16H19F3NO4S-. The number of carbonyl (C=O) groups excluding carboxylic acids is 2. The molecule has 0 aromatic heterocycles. The van der Waals surface area contributed by atoms with Gasteiger partial charge in [-0.3, -0.25) is 0 Å². The summed E-state index contributed by atoms with van der Waals surface area (Å²) < 4.78 is 43.1. The molecule has 0 fully saturated rings. The third kappa shape index (κ3) is 6.85. The average molecular weight is 378 g/mol. The highest BCUT2D eigenvalue weighted by molar-refractivity contribution is 8.00. The summed E-state index contributed by atoms with van der Waals surface area (Å²) in [6.07, 6.45) is -5.46. The zero-order valence-corrected chi connectivity index (χ0v) is 15.0. The fourth-order valence-corrected chi connectivity index (χ4v) is 2.62. The van der Waals surface area contributed by atoms with Gasteiger partial charge in [-0.1, -0.05) is 18.2 Å². The Hall–Kier alpha value is -1.90. The standard InChI is InChI=1S/C16H20F3NO4S/c1-14(2,3)24-13(23)20-15(4,12(21)22)25-9-10-6-5-7-11(8-10)16(17,18)19/h5-8H,9H2,1-4H3,(H,20,23)(H,21,22)/p-1. The highest BCUT2D eigenvalue weighted by Crippen LogP contribution is 2.32. The highest BCUT2D eigenvalue weighted by Gasteiger charge is 2.32. The Morgan fingerprint density at radius 3 is 2.28 bits per heavy atom. The number of hydrogen-bond donors (Lipinski definition) is 1. The van der Waals surface area contributed by atoms with Crippen LogP contribution < -0.4 is 10.4 Å². The van der Waals surface area contributed by atoms with E-state index >= 15 is 0 Å². The van der Waals surface area contributed by atoms with Gasteiger partial charge >= 0.3 is 12.3 Å². The number of carboxylic acids is 1. The van der Waals surface area contributed by atoms with Gasteiger partial charge in [0.05, 0.1) is 11.5 Å². The SMILES string of the molecule is CC(C)(C)OC(=O)NC(C)(SCc1cccc(C(F)(F)F)c1)C(=O)[O-]. The van der Waals surface area contributed by atoms with E-state index in [0.29, 0.717) is 0 Å². The molecule has 0 heterocycles. The fraction of sp³-hybridized carbons (Fsp3) is 0.500. The minimum Gasteiger partial charge on any atom is -0.547 e. The van der Waals surface area contributed by atoms with E-state index in [9.17, 15) is 27.9 Å². The van der Waals surface area contributed by atoms with Crippen molar-refractivity contribution in [2.45, 2.75) is 50.1 Å². The van der Waals surface area contributed by atoms with Crippen LogP contribution in [0, 0.1) is 0 Å². The fourth-order valence-electron chi connectivity index (χ4n) is 1.71. The second-order valence-corrected chi connectivity index (χ2v) is 7.83. The number of thioether (sulfide) groups is 1. The molecule has 0 saturated heterocycles. The monoisotopic (exact) mass is 378 g/mol. The number of halogens is 3.